The molecule has 0 saturated carbocycles. The van der Waals surface area contributed by atoms with Crippen LogP contribution in [0, 0.1) is 6.20 Å². The first kappa shape index (κ1) is 9.28. The van der Waals surface area contributed by atoms with E-state index in [0.29, 0.717) is 0 Å². The second-order valence-corrected chi connectivity index (χ2v) is 4.28. The lowest BCUT2D eigenvalue weighted by Crippen LogP contribution is -2.09. The molecule has 1 rings (SSSR count). The molecule has 4 nitrogen and oxygen atoms in total. The van der Waals surface area contributed by atoms with Gasteiger partial charge in [0.05, 0.1) is 17.0 Å². The molecule has 0 atom stereocenters. The van der Waals surface area contributed by atoms with Crippen LogP contribution in [0.4, 0.5) is 5.69 Å². The molecule has 1 aromatic rings. The van der Waals surface area contributed by atoms with Gasteiger partial charge in [-0.15, -0.1) is 0 Å². The molecule has 0 fully saturated rings. The normalized spacial score (nSPS) is 11.2. The topological polar surface area (TPSA) is 59.1 Å². The van der Waals surface area contributed by atoms with Crippen molar-refractivity contribution in [1.82, 2.24) is 4.98 Å². The van der Waals surface area contributed by atoms with Crippen molar-refractivity contribution in [2.45, 2.75) is 0 Å². The number of hydrogen-bond donors (Lipinski definition) is 1. The molecule has 0 bridgehead atoms. The van der Waals surface area contributed by atoms with Gasteiger partial charge in [-0.1, -0.05) is 11.6 Å². The molecular formula is C6H6ClN2O2S. The van der Waals surface area contributed by atoms with E-state index in [4.69, 9.17) is 11.6 Å². The Morgan fingerprint density at radius 2 is 2.33 bits per heavy atom. The molecule has 0 amide bonds. The monoisotopic (exact) mass is 205 g/mol. The van der Waals surface area contributed by atoms with Gasteiger partial charge in [0.15, 0.2) is 0 Å². The van der Waals surface area contributed by atoms with Crippen LogP contribution in [0.2, 0.25) is 5.02 Å². The number of sulfonamides is 1. The molecular weight excluding hydrogens is 200 g/mol. The zero-order valence-corrected chi connectivity index (χ0v) is 7.78. The third kappa shape index (κ3) is 2.67. The highest BCUT2D eigenvalue weighted by atomic mass is 35.5. The summed E-state index contributed by atoms with van der Waals surface area (Å²) in [5, 5.41) is 0.155. The maximum atomic E-state index is 10.7. The fraction of sp³-hybridized carbons (Fsp3) is 0.167. The van der Waals surface area contributed by atoms with Gasteiger partial charge < -0.3 is 0 Å². The van der Waals surface area contributed by atoms with Gasteiger partial charge >= 0.3 is 0 Å². The molecule has 0 aromatic carbocycles. The zero-order valence-electron chi connectivity index (χ0n) is 6.20. The van der Waals surface area contributed by atoms with E-state index < -0.39 is 10.0 Å². The van der Waals surface area contributed by atoms with Gasteiger partial charge in [0, 0.05) is 6.20 Å². The second kappa shape index (κ2) is 3.28. The summed E-state index contributed by atoms with van der Waals surface area (Å²) in [6.07, 6.45) is 4.86. The first-order valence-corrected chi connectivity index (χ1v) is 5.26. The van der Waals surface area contributed by atoms with Crippen molar-refractivity contribution < 1.29 is 8.42 Å². The van der Waals surface area contributed by atoms with E-state index in [9.17, 15) is 8.42 Å². The van der Waals surface area contributed by atoms with Crippen LogP contribution >= 0.6 is 11.6 Å². The third-order valence-electron chi connectivity index (χ3n) is 1.01. The molecule has 1 aromatic heterocycles. The fourth-order valence-corrected chi connectivity index (χ4v) is 1.40. The summed E-state index contributed by atoms with van der Waals surface area (Å²) in [5.41, 5.74) is 0.286. The molecule has 0 spiro atoms. The van der Waals surface area contributed by atoms with Crippen LogP contribution in [-0.2, 0) is 10.0 Å². The Kier molecular flexibility index (Phi) is 2.54. The molecule has 0 aliphatic carbocycles. The summed E-state index contributed by atoms with van der Waals surface area (Å²) in [4.78, 5) is 3.58. The van der Waals surface area contributed by atoms with Crippen molar-refractivity contribution in [3.05, 3.63) is 23.5 Å². The molecule has 0 aliphatic heterocycles. The molecule has 1 heterocycles. The molecule has 6 heteroatoms. The minimum Gasteiger partial charge on any atom is -0.282 e. The van der Waals surface area contributed by atoms with Crippen LogP contribution in [-0.4, -0.2) is 19.7 Å². The van der Waals surface area contributed by atoms with Gasteiger partial charge in [-0.05, 0) is 6.07 Å². The average Bonchev–Trinajstić information content (AvgIpc) is 1.91. The van der Waals surface area contributed by atoms with Crippen molar-refractivity contribution >= 4 is 27.3 Å². The second-order valence-electron chi connectivity index (χ2n) is 2.16. The Morgan fingerprint density at radius 3 is 2.83 bits per heavy atom. The highest BCUT2D eigenvalue weighted by Gasteiger charge is 2.04. The van der Waals surface area contributed by atoms with Crippen LogP contribution in [0.25, 0.3) is 0 Å². The molecule has 12 heavy (non-hydrogen) atoms. The van der Waals surface area contributed by atoms with Crippen molar-refractivity contribution in [2.75, 3.05) is 11.0 Å². The SMILES string of the molecule is CS(=O)(=O)Nc1ccn[c]c1Cl. The Bertz CT molecular complexity index is 377. The Labute approximate surface area is 75.6 Å². The Balaban J connectivity index is 2.98. The van der Waals surface area contributed by atoms with Gasteiger partial charge in [0.1, 0.15) is 6.20 Å². The van der Waals surface area contributed by atoms with E-state index in [-0.39, 0.29) is 10.7 Å². The van der Waals surface area contributed by atoms with Gasteiger partial charge in [0.2, 0.25) is 10.0 Å². The number of nitrogens with one attached hydrogen (secondary N) is 1. The van der Waals surface area contributed by atoms with Gasteiger partial charge in [0.25, 0.3) is 0 Å². The van der Waals surface area contributed by atoms with Crippen LogP contribution in [0.5, 0.6) is 0 Å². The standard InChI is InChI=1S/C6H6ClN2O2S/c1-12(10,11)9-6-2-3-8-4-5(6)7/h2-3H,1H3,(H,8,9). The van der Waals surface area contributed by atoms with Crippen molar-refractivity contribution in [3.8, 4) is 0 Å². The number of nitrogens with zero attached hydrogens (tertiary/aromatic N) is 1. The summed E-state index contributed by atoms with van der Waals surface area (Å²) < 4.78 is 23.7. The summed E-state index contributed by atoms with van der Waals surface area (Å²) in [7, 11) is -3.28. The minimum atomic E-state index is -3.28. The molecule has 0 saturated heterocycles. The van der Waals surface area contributed by atoms with E-state index >= 15 is 0 Å². The predicted octanol–water partition coefficient (Wildman–Crippen LogP) is 0.907. The van der Waals surface area contributed by atoms with Crippen LogP contribution < -0.4 is 4.72 Å². The van der Waals surface area contributed by atoms with E-state index in [1.54, 1.807) is 0 Å². The lowest BCUT2D eigenvalue weighted by molar-refractivity contribution is 0.607. The maximum absolute atomic E-state index is 10.7. The molecule has 1 radical (unpaired) electrons. The predicted molar refractivity (Wildman–Crippen MR) is 46.5 cm³/mol. The van der Waals surface area contributed by atoms with Crippen LogP contribution in [0.3, 0.4) is 0 Å². The van der Waals surface area contributed by atoms with E-state index in [1.807, 2.05) is 0 Å². The van der Waals surface area contributed by atoms with E-state index in [0.717, 1.165) is 6.26 Å². The van der Waals surface area contributed by atoms with Crippen LogP contribution in [0.15, 0.2) is 12.3 Å². The van der Waals surface area contributed by atoms with Gasteiger partial charge in [-0.25, -0.2) is 8.42 Å². The first-order valence-electron chi connectivity index (χ1n) is 2.99. The van der Waals surface area contributed by atoms with Gasteiger partial charge in [-0.3, -0.25) is 9.71 Å². The Hall–Kier alpha value is -0.810. The lowest BCUT2D eigenvalue weighted by atomic mass is 10.4. The number of halogens is 1. The molecule has 0 aliphatic rings. The average molecular weight is 206 g/mol. The van der Waals surface area contributed by atoms with Crippen molar-refractivity contribution in [1.29, 1.82) is 0 Å². The quantitative estimate of drug-likeness (QED) is 0.781. The first-order chi connectivity index (χ1) is 5.49. The number of anilines is 1. The largest absolute Gasteiger partial charge is 0.282 e. The molecule has 0 unspecified atom stereocenters. The minimum absolute atomic E-state index is 0.155. The van der Waals surface area contributed by atoms with E-state index in [1.165, 1.54) is 12.3 Å². The summed E-state index contributed by atoms with van der Waals surface area (Å²) in [5.74, 6) is 0. The summed E-state index contributed by atoms with van der Waals surface area (Å²) in [6.45, 7) is 0. The third-order valence-corrected chi connectivity index (χ3v) is 1.89. The fourth-order valence-electron chi connectivity index (χ4n) is 0.618. The summed E-state index contributed by atoms with van der Waals surface area (Å²) in [6, 6.07) is 1.46. The molecule has 1 N–H and O–H groups in total. The van der Waals surface area contributed by atoms with Crippen molar-refractivity contribution in [3.63, 3.8) is 0 Å². The highest BCUT2D eigenvalue weighted by Crippen LogP contribution is 2.19. The maximum Gasteiger partial charge on any atom is 0.229 e. The Morgan fingerprint density at radius 1 is 1.67 bits per heavy atom. The zero-order chi connectivity index (χ0) is 9.19. The number of rotatable bonds is 2. The lowest BCUT2D eigenvalue weighted by Gasteiger charge is -2.03. The van der Waals surface area contributed by atoms with E-state index in [2.05, 4.69) is 15.9 Å². The van der Waals surface area contributed by atoms with Crippen LogP contribution in [0.1, 0.15) is 0 Å². The van der Waals surface area contributed by atoms with Gasteiger partial charge in [-0.2, -0.15) is 0 Å². The smallest absolute Gasteiger partial charge is 0.229 e. The number of hydrogen-bond acceptors (Lipinski definition) is 3. The summed E-state index contributed by atoms with van der Waals surface area (Å²) >= 11 is 5.59. The number of pyridine rings is 1. The highest BCUT2D eigenvalue weighted by molar-refractivity contribution is 7.92. The number of aromatic nitrogens is 1. The molecule has 65 valence electrons. The van der Waals surface area contributed by atoms with Crippen molar-refractivity contribution in [2.24, 2.45) is 0 Å².